The monoisotopic (exact) mass is 300 g/mol. The summed E-state index contributed by atoms with van der Waals surface area (Å²) >= 11 is 7.53. The highest BCUT2D eigenvalue weighted by Crippen LogP contribution is 2.34. The van der Waals surface area contributed by atoms with Gasteiger partial charge >= 0.3 is 0 Å². The van der Waals surface area contributed by atoms with Crippen molar-refractivity contribution in [2.45, 2.75) is 12.5 Å². The number of hydrogen-bond acceptors (Lipinski definition) is 4. The summed E-state index contributed by atoms with van der Waals surface area (Å²) in [6.45, 7) is 0. The maximum Gasteiger partial charge on any atom is 0.134 e. The molecule has 3 nitrogen and oxygen atoms in total. The van der Waals surface area contributed by atoms with Crippen LogP contribution < -0.4 is 16.0 Å². The van der Waals surface area contributed by atoms with Gasteiger partial charge in [-0.2, -0.15) is 0 Å². The first-order valence-corrected chi connectivity index (χ1v) is 6.93. The number of nitrogens with one attached hydrogen (secondary N) is 1. The molecule has 0 bridgehead atoms. The maximum atomic E-state index is 13.8. The highest BCUT2D eigenvalue weighted by molar-refractivity contribution is 7.10. The van der Waals surface area contributed by atoms with Crippen LogP contribution in [0.15, 0.2) is 29.6 Å². The summed E-state index contributed by atoms with van der Waals surface area (Å²) in [4.78, 5) is 0.921. The molecule has 0 radical (unpaired) electrons. The molecule has 1 unspecified atom stereocenters. The van der Waals surface area contributed by atoms with E-state index < -0.39 is 0 Å². The number of hydrazine groups is 1. The van der Waals surface area contributed by atoms with E-state index >= 15 is 0 Å². The molecule has 2 aromatic rings. The van der Waals surface area contributed by atoms with Crippen molar-refractivity contribution in [1.29, 1.82) is 0 Å². The summed E-state index contributed by atoms with van der Waals surface area (Å²) in [6.07, 6.45) is 0.360. The van der Waals surface area contributed by atoms with Gasteiger partial charge in [-0.1, -0.05) is 17.7 Å². The number of nitrogens with two attached hydrogens (primary N) is 1. The fourth-order valence-corrected chi connectivity index (χ4v) is 3.05. The Kier molecular flexibility index (Phi) is 4.76. The standard InChI is InChI=1S/C13H14ClFN2OS/c1-18-12-5-6-19-13(12)11(17-16)7-8-9(14)3-2-4-10(8)15/h2-6,11,17H,7,16H2,1H3. The van der Waals surface area contributed by atoms with E-state index in [-0.39, 0.29) is 11.9 Å². The predicted octanol–water partition coefficient (Wildman–Crippen LogP) is 3.30. The number of ether oxygens (including phenoxy) is 1. The Bertz CT molecular complexity index is 541. The largest absolute Gasteiger partial charge is 0.496 e. The second kappa shape index (κ2) is 6.34. The first-order chi connectivity index (χ1) is 9.17. The molecule has 1 aromatic carbocycles. The van der Waals surface area contributed by atoms with Crippen LogP contribution in [0.5, 0.6) is 5.75 Å². The van der Waals surface area contributed by atoms with Crippen molar-refractivity contribution in [3.63, 3.8) is 0 Å². The summed E-state index contributed by atoms with van der Waals surface area (Å²) in [5.74, 6) is 5.98. The Labute approximate surface area is 120 Å². The lowest BCUT2D eigenvalue weighted by molar-refractivity contribution is 0.402. The number of rotatable bonds is 5. The Morgan fingerprint density at radius 3 is 2.89 bits per heavy atom. The third-order valence-corrected chi connectivity index (χ3v) is 4.23. The van der Waals surface area contributed by atoms with Gasteiger partial charge in [-0.15, -0.1) is 11.3 Å². The number of hydrogen-bond donors (Lipinski definition) is 2. The molecule has 102 valence electrons. The minimum Gasteiger partial charge on any atom is -0.496 e. The zero-order chi connectivity index (χ0) is 13.8. The molecule has 0 fully saturated rings. The van der Waals surface area contributed by atoms with E-state index in [9.17, 15) is 4.39 Å². The predicted molar refractivity (Wildman–Crippen MR) is 76.0 cm³/mol. The van der Waals surface area contributed by atoms with Crippen molar-refractivity contribution in [2.24, 2.45) is 5.84 Å². The molecule has 1 aromatic heterocycles. The molecule has 3 N–H and O–H groups in total. The minimum absolute atomic E-state index is 0.246. The molecule has 0 aliphatic rings. The summed E-state index contributed by atoms with van der Waals surface area (Å²) in [5.41, 5.74) is 3.13. The van der Waals surface area contributed by atoms with Crippen LogP contribution in [-0.2, 0) is 6.42 Å². The lowest BCUT2D eigenvalue weighted by Gasteiger charge is -2.17. The molecule has 19 heavy (non-hydrogen) atoms. The van der Waals surface area contributed by atoms with Crippen LogP contribution in [0.3, 0.4) is 0 Å². The number of thiophene rings is 1. The van der Waals surface area contributed by atoms with Gasteiger partial charge in [-0.3, -0.25) is 11.3 Å². The van der Waals surface area contributed by atoms with Gasteiger partial charge < -0.3 is 4.74 Å². The summed E-state index contributed by atoms with van der Waals surface area (Å²) in [6, 6.07) is 6.24. The van der Waals surface area contributed by atoms with Crippen LogP contribution >= 0.6 is 22.9 Å². The average Bonchev–Trinajstić information content (AvgIpc) is 2.87. The quantitative estimate of drug-likeness (QED) is 0.658. The van der Waals surface area contributed by atoms with Gasteiger partial charge in [0.2, 0.25) is 0 Å². The molecule has 0 saturated heterocycles. The molecular weight excluding hydrogens is 287 g/mol. The molecule has 0 aliphatic heterocycles. The molecule has 0 amide bonds. The normalized spacial score (nSPS) is 12.4. The topological polar surface area (TPSA) is 47.3 Å². The Morgan fingerprint density at radius 1 is 1.47 bits per heavy atom. The van der Waals surface area contributed by atoms with E-state index in [4.69, 9.17) is 22.2 Å². The van der Waals surface area contributed by atoms with Gasteiger partial charge in [0.25, 0.3) is 0 Å². The fraction of sp³-hybridized carbons (Fsp3) is 0.231. The summed E-state index contributed by atoms with van der Waals surface area (Å²) in [7, 11) is 1.59. The molecule has 0 spiro atoms. The second-order valence-electron chi connectivity index (χ2n) is 3.98. The second-order valence-corrected chi connectivity index (χ2v) is 5.33. The van der Waals surface area contributed by atoms with E-state index in [1.165, 1.54) is 17.4 Å². The van der Waals surface area contributed by atoms with Crippen LogP contribution in [0.2, 0.25) is 5.02 Å². The van der Waals surface area contributed by atoms with E-state index in [1.54, 1.807) is 19.2 Å². The van der Waals surface area contributed by atoms with Gasteiger partial charge in [-0.25, -0.2) is 4.39 Å². The van der Waals surface area contributed by atoms with E-state index in [1.807, 2.05) is 11.4 Å². The molecule has 6 heteroatoms. The molecule has 1 heterocycles. The Morgan fingerprint density at radius 2 is 2.26 bits per heavy atom. The zero-order valence-corrected chi connectivity index (χ0v) is 11.9. The van der Waals surface area contributed by atoms with Gasteiger partial charge in [0, 0.05) is 10.6 Å². The van der Waals surface area contributed by atoms with Crippen LogP contribution in [0.4, 0.5) is 4.39 Å². The van der Waals surface area contributed by atoms with Crippen LogP contribution in [0.1, 0.15) is 16.5 Å². The van der Waals surface area contributed by atoms with Crippen LogP contribution in [0, 0.1) is 5.82 Å². The highest BCUT2D eigenvalue weighted by Gasteiger charge is 2.20. The van der Waals surface area contributed by atoms with Gasteiger partial charge in [0.05, 0.1) is 18.0 Å². The smallest absolute Gasteiger partial charge is 0.134 e. The third kappa shape index (κ3) is 3.06. The third-order valence-electron chi connectivity index (χ3n) is 2.86. The average molecular weight is 301 g/mol. The Balaban J connectivity index is 2.29. The highest BCUT2D eigenvalue weighted by atomic mass is 35.5. The van der Waals surface area contributed by atoms with Crippen molar-refractivity contribution in [2.75, 3.05) is 7.11 Å². The Hall–Kier alpha value is -1.14. The maximum absolute atomic E-state index is 13.8. The van der Waals surface area contributed by atoms with Crippen molar-refractivity contribution in [3.8, 4) is 5.75 Å². The van der Waals surface area contributed by atoms with Crippen molar-refractivity contribution < 1.29 is 9.13 Å². The first-order valence-electron chi connectivity index (χ1n) is 5.67. The van der Waals surface area contributed by atoms with Crippen molar-refractivity contribution in [3.05, 3.63) is 50.9 Å². The van der Waals surface area contributed by atoms with E-state index in [0.29, 0.717) is 17.0 Å². The van der Waals surface area contributed by atoms with E-state index in [0.717, 1.165) is 10.6 Å². The fourth-order valence-electron chi connectivity index (χ4n) is 1.89. The minimum atomic E-state index is -0.330. The lowest BCUT2D eigenvalue weighted by Crippen LogP contribution is -2.29. The SMILES string of the molecule is COc1ccsc1C(Cc1c(F)cccc1Cl)NN. The lowest BCUT2D eigenvalue weighted by atomic mass is 10.0. The van der Waals surface area contributed by atoms with Crippen molar-refractivity contribution in [1.82, 2.24) is 5.43 Å². The number of halogens is 2. The zero-order valence-electron chi connectivity index (χ0n) is 10.3. The van der Waals surface area contributed by atoms with Crippen LogP contribution in [-0.4, -0.2) is 7.11 Å². The first kappa shape index (κ1) is 14.3. The van der Waals surface area contributed by atoms with Gasteiger partial charge in [0.1, 0.15) is 11.6 Å². The molecular formula is C13H14ClFN2OS. The van der Waals surface area contributed by atoms with E-state index in [2.05, 4.69) is 5.43 Å². The molecule has 2 rings (SSSR count). The number of benzene rings is 1. The summed E-state index contributed by atoms with van der Waals surface area (Å²) in [5, 5.41) is 2.30. The molecule has 0 aliphatic carbocycles. The van der Waals surface area contributed by atoms with Crippen molar-refractivity contribution >= 4 is 22.9 Å². The van der Waals surface area contributed by atoms with Gasteiger partial charge in [0.15, 0.2) is 0 Å². The summed E-state index contributed by atoms with van der Waals surface area (Å²) < 4.78 is 19.0. The molecule has 0 saturated carbocycles. The van der Waals surface area contributed by atoms with Gasteiger partial charge in [-0.05, 0) is 30.0 Å². The van der Waals surface area contributed by atoms with Crippen LogP contribution in [0.25, 0.3) is 0 Å². The molecule has 1 atom stereocenters. The number of methoxy groups -OCH3 is 1.